The summed E-state index contributed by atoms with van der Waals surface area (Å²) < 4.78 is 29.0. The lowest BCUT2D eigenvalue weighted by Crippen LogP contribution is -2.07. The van der Waals surface area contributed by atoms with E-state index < -0.39 is 9.84 Å². The number of hydrogen-bond donors (Lipinski definition) is 1. The van der Waals surface area contributed by atoms with E-state index in [0.717, 1.165) is 16.8 Å². The largest absolute Gasteiger partial charge is 0.465 e. The minimum atomic E-state index is -3.36. The summed E-state index contributed by atoms with van der Waals surface area (Å²) in [5.41, 5.74) is 3.15. The molecular formula is C19H21NO4S. The van der Waals surface area contributed by atoms with Crippen LogP contribution in [0.15, 0.2) is 60.0 Å². The molecule has 0 aliphatic rings. The van der Waals surface area contributed by atoms with Gasteiger partial charge in [0.2, 0.25) is 0 Å². The van der Waals surface area contributed by atoms with Gasteiger partial charge in [0.05, 0.1) is 23.3 Å². The van der Waals surface area contributed by atoms with Gasteiger partial charge >= 0.3 is 5.97 Å². The van der Waals surface area contributed by atoms with Crippen molar-refractivity contribution in [3.05, 3.63) is 71.8 Å². The highest BCUT2D eigenvalue weighted by Gasteiger charge is 2.14. The molecule has 2 aromatic rings. The van der Waals surface area contributed by atoms with Crippen molar-refractivity contribution in [3.63, 3.8) is 0 Å². The molecule has 0 unspecified atom stereocenters. The topological polar surface area (TPSA) is 72.5 Å². The predicted octanol–water partition coefficient (Wildman–Crippen LogP) is 3.35. The molecule has 1 N–H and O–H groups in total. The highest BCUT2D eigenvalue weighted by molar-refractivity contribution is 7.91. The summed E-state index contributed by atoms with van der Waals surface area (Å²) in [4.78, 5) is 11.7. The van der Waals surface area contributed by atoms with Crippen LogP contribution in [0.25, 0.3) is 0 Å². The molecule has 5 nitrogen and oxygen atoms in total. The van der Waals surface area contributed by atoms with Gasteiger partial charge in [-0.3, -0.25) is 0 Å². The number of anilines is 1. The zero-order chi connectivity index (χ0) is 18.4. The second-order valence-corrected chi connectivity index (χ2v) is 7.62. The van der Waals surface area contributed by atoms with Gasteiger partial charge in [-0.25, -0.2) is 13.2 Å². The van der Waals surface area contributed by atoms with Crippen LogP contribution in [0.3, 0.4) is 0 Å². The van der Waals surface area contributed by atoms with Gasteiger partial charge in [-0.1, -0.05) is 24.3 Å². The molecule has 0 aromatic heterocycles. The number of ether oxygens (including phenoxy) is 1. The van der Waals surface area contributed by atoms with E-state index in [-0.39, 0.29) is 16.6 Å². The van der Waals surface area contributed by atoms with Gasteiger partial charge < -0.3 is 10.1 Å². The highest BCUT2D eigenvalue weighted by atomic mass is 32.2. The van der Waals surface area contributed by atoms with Crippen molar-refractivity contribution in [2.24, 2.45) is 0 Å². The first-order valence-electron chi connectivity index (χ1n) is 7.73. The van der Waals surface area contributed by atoms with Crippen LogP contribution in [0.4, 0.5) is 5.69 Å². The van der Waals surface area contributed by atoms with E-state index in [1.807, 2.05) is 19.1 Å². The summed E-state index contributed by atoms with van der Waals surface area (Å²) in [5, 5.41) is 3.24. The molecule has 0 amide bonds. The number of sulfone groups is 1. The Labute approximate surface area is 148 Å². The normalized spacial score (nSPS) is 11.0. The molecule has 0 heterocycles. The van der Waals surface area contributed by atoms with Gasteiger partial charge in [0.1, 0.15) is 0 Å². The van der Waals surface area contributed by atoms with E-state index in [9.17, 15) is 13.2 Å². The van der Waals surface area contributed by atoms with Crippen molar-refractivity contribution >= 4 is 21.5 Å². The Morgan fingerprint density at radius 1 is 1.20 bits per heavy atom. The Kier molecular flexibility index (Phi) is 5.98. The Morgan fingerprint density at radius 3 is 2.48 bits per heavy atom. The SMILES string of the molecule is C=CCS(=O)(=O)c1ccc(C)c(NCc2ccc(C(=O)OC)cc2)c1. The minimum absolute atomic E-state index is 0.0928. The van der Waals surface area contributed by atoms with Crippen LogP contribution in [0.2, 0.25) is 0 Å². The lowest BCUT2D eigenvalue weighted by molar-refractivity contribution is 0.0600. The van der Waals surface area contributed by atoms with Gasteiger partial charge in [0.25, 0.3) is 0 Å². The molecule has 0 radical (unpaired) electrons. The van der Waals surface area contributed by atoms with E-state index >= 15 is 0 Å². The summed E-state index contributed by atoms with van der Waals surface area (Å²) in [6.45, 7) is 5.90. The van der Waals surface area contributed by atoms with Gasteiger partial charge in [0.15, 0.2) is 9.84 Å². The summed E-state index contributed by atoms with van der Waals surface area (Å²) in [5.74, 6) is -0.472. The number of rotatable bonds is 7. The lowest BCUT2D eigenvalue weighted by atomic mass is 10.1. The van der Waals surface area contributed by atoms with Crippen molar-refractivity contribution in [1.82, 2.24) is 0 Å². The number of methoxy groups -OCH3 is 1. The zero-order valence-corrected chi connectivity index (χ0v) is 15.1. The van der Waals surface area contributed by atoms with Gasteiger partial charge in [-0.15, -0.1) is 6.58 Å². The number of hydrogen-bond acceptors (Lipinski definition) is 5. The van der Waals surface area contributed by atoms with Gasteiger partial charge in [0, 0.05) is 12.2 Å². The summed E-state index contributed by atoms with van der Waals surface area (Å²) in [6, 6.07) is 12.1. The molecule has 6 heteroatoms. The fraction of sp³-hybridized carbons (Fsp3) is 0.211. The zero-order valence-electron chi connectivity index (χ0n) is 14.3. The third-order valence-electron chi connectivity index (χ3n) is 3.76. The quantitative estimate of drug-likeness (QED) is 0.606. The molecule has 0 saturated carbocycles. The van der Waals surface area contributed by atoms with Crippen molar-refractivity contribution in [2.45, 2.75) is 18.4 Å². The molecule has 0 atom stereocenters. The number of benzene rings is 2. The molecular weight excluding hydrogens is 338 g/mol. The summed E-state index contributed by atoms with van der Waals surface area (Å²) in [6.07, 6.45) is 1.38. The van der Waals surface area contributed by atoms with E-state index in [2.05, 4.69) is 16.6 Å². The molecule has 132 valence electrons. The van der Waals surface area contributed by atoms with E-state index in [4.69, 9.17) is 0 Å². The second kappa shape index (κ2) is 7.98. The molecule has 0 bridgehead atoms. The highest BCUT2D eigenvalue weighted by Crippen LogP contribution is 2.22. The molecule has 0 aliphatic carbocycles. The van der Waals surface area contributed by atoms with Gasteiger partial charge in [-0.2, -0.15) is 0 Å². The molecule has 0 spiro atoms. The Bertz CT molecular complexity index is 871. The molecule has 0 aliphatic heterocycles. The number of esters is 1. The summed E-state index contributed by atoms with van der Waals surface area (Å²) in [7, 11) is -2.02. The fourth-order valence-corrected chi connectivity index (χ4v) is 3.39. The van der Waals surface area contributed by atoms with Gasteiger partial charge in [-0.05, 0) is 42.3 Å². The molecule has 0 saturated heterocycles. The monoisotopic (exact) mass is 359 g/mol. The van der Waals surface area contributed by atoms with Crippen LogP contribution in [-0.4, -0.2) is 27.2 Å². The average Bonchev–Trinajstić information content (AvgIpc) is 2.60. The third-order valence-corrected chi connectivity index (χ3v) is 5.41. The maximum Gasteiger partial charge on any atom is 0.337 e. The molecule has 0 fully saturated rings. The number of carbonyl (C=O) groups excluding carboxylic acids is 1. The molecule has 2 rings (SSSR count). The average molecular weight is 359 g/mol. The van der Waals surface area contributed by atoms with Crippen LogP contribution in [0, 0.1) is 6.92 Å². The third kappa shape index (κ3) is 4.70. The van der Waals surface area contributed by atoms with Crippen LogP contribution < -0.4 is 5.32 Å². The first-order valence-corrected chi connectivity index (χ1v) is 9.38. The van der Waals surface area contributed by atoms with Crippen LogP contribution in [-0.2, 0) is 21.1 Å². The minimum Gasteiger partial charge on any atom is -0.465 e. The van der Waals surface area contributed by atoms with Crippen molar-refractivity contribution in [1.29, 1.82) is 0 Å². The van der Waals surface area contributed by atoms with Crippen molar-refractivity contribution in [3.8, 4) is 0 Å². The van der Waals surface area contributed by atoms with Crippen molar-refractivity contribution in [2.75, 3.05) is 18.2 Å². The van der Waals surface area contributed by atoms with E-state index in [1.54, 1.807) is 30.3 Å². The predicted molar refractivity (Wildman–Crippen MR) is 98.5 cm³/mol. The van der Waals surface area contributed by atoms with Crippen LogP contribution in [0.5, 0.6) is 0 Å². The standard InChI is InChI=1S/C19H21NO4S/c1-4-11-25(22,23)17-10-5-14(2)18(12-17)20-13-15-6-8-16(9-7-15)19(21)24-3/h4-10,12,20H,1,11,13H2,2-3H3. The maximum absolute atomic E-state index is 12.2. The van der Waals surface area contributed by atoms with Crippen molar-refractivity contribution < 1.29 is 17.9 Å². The first-order chi connectivity index (χ1) is 11.9. The Balaban J connectivity index is 2.15. The number of carbonyl (C=O) groups is 1. The van der Waals surface area contributed by atoms with Crippen LogP contribution >= 0.6 is 0 Å². The molecule has 2 aromatic carbocycles. The van der Waals surface area contributed by atoms with E-state index in [0.29, 0.717) is 12.1 Å². The second-order valence-electron chi connectivity index (χ2n) is 5.59. The van der Waals surface area contributed by atoms with E-state index in [1.165, 1.54) is 13.2 Å². The maximum atomic E-state index is 12.2. The fourth-order valence-electron chi connectivity index (χ4n) is 2.31. The smallest absolute Gasteiger partial charge is 0.337 e. The van der Waals surface area contributed by atoms with Crippen LogP contribution in [0.1, 0.15) is 21.5 Å². The Morgan fingerprint density at radius 2 is 1.88 bits per heavy atom. The summed E-state index contributed by atoms with van der Waals surface area (Å²) >= 11 is 0. The molecule has 25 heavy (non-hydrogen) atoms. The lowest BCUT2D eigenvalue weighted by Gasteiger charge is -2.12. The number of aryl methyl sites for hydroxylation is 1. The number of nitrogens with one attached hydrogen (secondary N) is 1. The Hall–Kier alpha value is -2.60. The first kappa shape index (κ1) is 18.7.